The van der Waals surface area contributed by atoms with Gasteiger partial charge in [-0.2, -0.15) is 9.47 Å². The van der Waals surface area contributed by atoms with Crippen molar-refractivity contribution in [1.82, 2.24) is 38.8 Å². The predicted molar refractivity (Wildman–Crippen MR) is 125 cm³/mol. The summed E-state index contributed by atoms with van der Waals surface area (Å²) in [5.74, 6) is 0.622. The summed E-state index contributed by atoms with van der Waals surface area (Å²) in [5.41, 5.74) is 4.91. The van der Waals surface area contributed by atoms with Crippen molar-refractivity contribution in [3.8, 4) is 11.3 Å². The zero-order valence-corrected chi connectivity index (χ0v) is 18.9. The van der Waals surface area contributed by atoms with Gasteiger partial charge in [-0.15, -0.1) is 0 Å². The topological polar surface area (TPSA) is 126 Å². The third-order valence-electron chi connectivity index (χ3n) is 5.54. The number of ether oxygens (including phenoxy) is 1. The number of nitrogens with one attached hydrogen (secondary N) is 2. The maximum Gasteiger partial charge on any atom is 0.410 e. The first kappa shape index (κ1) is 20.3. The molecule has 5 aromatic rings. The molecule has 0 saturated carbocycles. The van der Waals surface area contributed by atoms with Gasteiger partial charge in [-0.05, 0) is 36.7 Å². The van der Waals surface area contributed by atoms with E-state index in [1.165, 1.54) is 11.5 Å². The molecular formula is C22H19N9O2S. The molecule has 6 heterocycles. The fraction of sp³-hybridized carbons (Fsp3) is 0.182. The lowest BCUT2D eigenvalue weighted by Crippen LogP contribution is -2.27. The van der Waals surface area contributed by atoms with Crippen molar-refractivity contribution in [3.63, 3.8) is 0 Å². The van der Waals surface area contributed by atoms with Crippen molar-refractivity contribution in [2.45, 2.75) is 19.5 Å². The van der Waals surface area contributed by atoms with Gasteiger partial charge in [0.05, 0.1) is 41.7 Å². The average molecular weight is 474 g/mol. The second-order valence-corrected chi connectivity index (χ2v) is 8.64. The normalized spacial score (nSPS) is 15.7. The third-order valence-corrected chi connectivity index (χ3v) is 6.29. The van der Waals surface area contributed by atoms with E-state index in [1.54, 1.807) is 23.5 Å². The van der Waals surface area contributed by atoms with Crippen LogP contribution in [-0.4, -0.2) is 51.5 Å². The zero-order valence-electron chi connectivity index (χ0n) is 18.0. The van der Waals surface area contributed by atoms with E-state index < -0.39 is 0 Å². The number of imidazole rings is 1. The summed E-state index contributed by atoms with van der Waals surface area (Å²) >= 11 is 1.30. The number of H-pyrrole nitrogens is 1. The van der Waals surface area contributed by atoms with Crippen LogP contribution in [0.3, 0.4) is 0 Å². The van der Waals surface area contributed by atoms with Crippen molar-refractivity contribution in [3.05, 3.63) is 72.3 Å². The number of fused-ring (bicyclic) bond motifs is 1. The molecule has 170 valence electrons. The fourth-order valence-electron chi connectivity index (χ4n) is 3.98. The minimum atomic E-state index is -0.371. The Balaban J connectivity index is 1.25. The number of aryl methyl sites for hydroxylation is 1. The van der Waals surface area contributed by atoms with Crippen molar-refractivity contribution < 1.29 is 9.53 Å². The highest BCUT2D eigenvalue weighted by molar-refractivity contribution is 7.10. The van der Waals surface area contributed by atoms with Crippen molar-refractivity contribution in [1.29, 1.82) is 0 Å². The smallest absolute Gasteiger partial charge is 0.410 e. The fourth-order valence-corrected chi connectivity index (χ4v) is 4.63. The molecule has 11 nitrogen and oxygen atoms in total. The molecule has 34 heavy (non-hydrogen) atoms. The predicted octanol–water partition coefficient (Wildman–Crippen LogP) is 3.72. The Hall–Kier alpha value is -4.32. The lowest BCUT2D eigenvalue weighted by Gasteiger charge is -2.19. The molecule has 1 aliphatic rings. The highest BCUT2D eigenvalue weighted by atomic mass is 32.1. The molecule has 1 saturated heterocycles. The molecule has 1 amide bonds. The Morgan fingerprint density at radius 2 is 2.24 bits per heavy atom. The standard InChI is InChI=1S/C22H19N9O2S/c1-13-10-30-17(14-7-25-26-8-14)9-24-21(30)20(27-13)28-19-6-15(29-34-19)11-31-18(12-33-22(31)32)16-4-2-3-5-23-16/h2-10,18H,11-12H2,1H3,(H,25,26)(H,27,28). The van der Waals surface area contributed by atoms with E-state index in [4.69, 9.17) is 4.74 Å². The van der Waals surface area contributed by atoms with E-state index in [1.807, 2.05) is 48.0 Å². The van der Waals surface area contributed by atoms with Crippen LogP contribution in [0.25, 0.3) is 16.9 Å². The number of hydrogen-bond donors (Lipinski definition) is 2. The molecule has 0 aliphatic carbocycles. The van der Waals surface area contributed by atoms with Crippen LogP contribution in [0.2, 0.25) is 0 Å². The summed E-state index contributed by atoms with van der Waals surface area (Å²) in [5, 5.41) is 11.0. The van der Waals surface area contributed by atoms with Crippen molar-refractivity contribution in [2.24, 2.45) is 0 Å². The number of aromatic amines is 1. The lowest BCUT2D eigenvalue weighted by molar-refractivity contribution is 0.156. The van der Waals surface area contributed by atoms with Gasteiger partial charge in [0, 0.05) is 24.2 Å². The van der Waals surface area contributed by atoms with Crippen LogP contribution in [0.4, 0.5) is 15.6 Å². The number of cyclic esters (lactones) is 1. The second-order valence-electron chi connectivity index (χ2n) is 7.84. The Morgan fingerprint density at radius 1 is 1.29 bits per heavy atom. The van der Waals surface area contributed by atoms with E-state index in [2.05, 4.69) is 34.8 Å². The van der Waals surface area contributed by atoms with Crippen molar-refractivity contribution in [2.75, 3.05) is 11.9 Å². The van der Waals surface area contributed by atoms with Gasteiger partial charge in [0.25, 0.3) is 0 Å². The Morgan fingerprint density at radius 3 is 3.06 bits per heavy atom. The summed E-state index contributed by atoms with van der Waals surface area (Å²) in [6.07, 6.45) is 8.65. The van der Waals surface area contributed by atoms with Gasteiger partial charge in [-0.1, -0.05) is 6.07 Å². The molecular weight excluding hydrogens is 454 g/mol. The monoisotopic (exact) mass is 473 g/mol. The molecule has 1 unspecified atom stereocenters. The van der Waals surface area contributed by atoms with Crippen LogP contribution < -0.4 is 5.32 Å². The minimum absolute atomic E-state index is 0.240. The molecule has 0 radical (unpaired) electrons. The van der Waals surface area contributed by atoms with Crippen LogP contribution in [0.5, 0.6) is 0 Å². The minimum Gasteiger partial charge on any atom is -0.447 e. The molecule has 1 atom stereocenters. The summed E-state index contributed by atoms with van der Waals surface area (Å²) in [6, 6.07) is 7.31. The molecule has 5 aromatic heterocycles. The SMILES string of the molecule is Cc1cn2c(-c3cn[nH]c3)cnc2c(Nc2cc(CN3C(=O)OCC3c3ccccn3)ns2)n1. The molecule has 2 N–H and O–H groups in total. The summed E-state index contributed by atoms with van der Waals surface area (Å²) in [7, 11) is 0. The molecule has 12 heteroatoms. The van der Waals surface area contributed by atoms with E-state index in [0.29, 0.717) is 18.0 Å². The van der Waals surface area contributed by atoms with Crippen LogP contribution in [-0.2, 0) is 11.3 Å². The van der Waals surface area contributed by atoms with E-state index >= 15 is 0 Å². The first-order chi connectivity index (χ1) is 16.7. The Bertz CT molecular complexity index is 1460. The van der Waals surface area contributed by atoms with Crippen LogP contribution in [0, 0.1) is 6.92 Å². The number of carbonyl (C=O) groups is 1. The third kappa shape index (κ3) is 3.63. The number of amides is 1. The molecule has 1 fully saturated rings. The maximum absolute atomic E-state index is 12.4. The molecule has 0 aromatic carbocycles. The molecule has 0 bridgehead atoms. The zero-order chi connectivity index (χ0) is 23.1. The lowest BCUT2D eigenvalue weighted by atomic mass is 10.2. The van der Waals surface area contributed by atoms with Gasteiger partial charge < -0.3 is 10.1 Å². The number of pyridine rings is 1. The van der Waals surface area contributed by atoms with Gasteiger partial charge >= 0.3 is 6.09 Å². The number of anilines is 2. The van der Waals surface area contributed by atoms with Gasteiger partial charge in [-0.3, -0.25) is 19.4 Å². The number of rotatable bonds is 6. The quantitative estimate of drug-likeness (QED) is 0.382. The molecule has 1 aliphatic heterocycles. The number of aromatic nitrogens is 7. The first-order valence-electron chi connectivity index (χ1n) is 10.6. The van der Waals surface area contributed by atoms with E-state index in [0.717, 1.165) is 33.3 Å². The molecule has 6 rings (SSSR count). The van der Waals surface area contributed by atoms with Gasteiger partial charge in [-0.25, -0.2) is 14.8 Å². The number of hydrogen-bond acceptors (Lipinski definition) is 9. The Labute approximate surface area is 197 Å². The van der Waals surface area contributed by atoms with Crippen LogP contribution in [0.1, 0.15) is 23.1 Å². The average Bonchev–Trinajstić information content (AvgIpc) is 3.63. The number of nitrogens with zero attached hydrogens (tertiary/aromatic N) is 7. The second kappa shape index (κ2) is 8.23. The van der Waals surface area contributed by atoms with Gasteiger partial charge in [0.2, 0.25) is 0 Å². The van der Waals surface area contributed by atoms with Crippen LogP contribution in [0.15, 0.2) is 55.2 Å². The Kier molecular flexibility index (Phi) is 4.91. The molecule has 0 spiro atoms. The summed E-state index contributed by atoms with van der Waals surface area (Å²) in [4.78, 5) is 27.6. The maximum atomic E-state index is 12.4. The highest BCUT2D eigenvalue weighted by Crippen LogP contribution is 2.31. The first-order valence-corrected chi connectivity index (χ1v) is 11.3. The van der Waals surface area contributed by atoms with E-state index in [9.17, 15) is 4.79 Å². The van der Waals surface area contributed by atoms with Gasteiger partial charge in [0.1, 0.15) is 17.6 Å². The summed E-state index contributed by atoms with van der Waals surface area (Å²) < 4.78 is 11.8. The van der Waals surface area contributed by atoms with Crippen molar-refractivity contribution >= 4 is 34.1 Å². The highest BCUT2D eigenvalue weighted by Gasteiger charge is 2.35. The van der Waals surface area contributed by atoms with E-state index in [-0.39, 0.29) is 18.7 Å². The summed E-state index contributed by atoms with van der Waals surface area (Å²) in [6.45, 7) is 2.52. The van der Waals surface area contributed by atoms with Crippen LogP contribution >= 0.6 is 11.5 Å². The van der Waals surface area contributed by atoms with Gasteiger partial charge in [0.15, 0.2) is 11.5 Å². The number of carbonyl (C=O) groups excluding carboxylic acids is 1. The largest absolute Gasteiger partial charge is 0.447 e.